The minimum absolute atomic E-state index is 0.138. The average molecular weight is 388 g/mol. The maximum Gasteiger partial charge on any atom is 0.246 e. The second-order valence-electron chi connectivity index (χ2n) is 5.49. The lowest BCUT2D eigenvalue weighted by molar-refractivity contribution is 0.0729. The van der Waals surface area contributed by atoms with Gasteiger partial charge in [0, 0.05) is 25.3 Å². The standard InChI is InChI=1S/C16H25N3O4S2/c1-3-7-17-16(24)18-13-5-6-14(23-4-2)15(12-13)25(20,21)19-8-10-22-11-9-19/h5-6,12H,3-4,7-11H2,1-2H3,(H2,17,18,24). The molecule has 0 atom stereocenters. The Hall–Kier alpha value is -1.42. The van der Waals surface area contributed by atoms with Crippen LogP contribution in [-0.4, -0.2) is 57.3 Å². The molecule has 2 rings (SSSR count). The van der Waals surface area contributed by atoms with Gasteiger partial charge in [0.05, 0.1) is 19.8 Å². The van der Waals surface area contributed by atoms with Crippen LogP contribution in [0.5, 0.6) is 5.75 Å². The first-order valence-corrected chi connectivity index (χ1v) is 10.2. The van der Waals surface area contributed by atoms with E-state index in [1.54, 1.807) is 18.2 Å². The Morgan fingerprint density at radius 2 is 2.04 bits per heavy atom. The third-order valence-corrected chi connectivity index (χ3v) is 5.79. The third-order valence-electron chi connectivity index (χ3n) is 3.62. The highest BCUT2D eigenvalue weighted by molar-refractivity contribution is 7.89. The maximum absolute atomic E-state index is 13.0. The van der Waals surface area contributed by atoms with Gasteiger partial charge in [0.2, 0.25) is 10.0 Å². The molecule has 0 aliphatic carbocycles. The number of hydrogen-bond acceptors (Lipinski definition) is 5. The van der Waals surface area contributed by atoms with Crippen LogP contribution in [0.1, 0.15) is 20.3 Å². The molecular formula is C16H25N3O4S2. The van der Waals surface area contributed by atoms with E-state index in [0.29, 0.717) is 49.5 Å². The Morgan fingerprint density at radius 3 is 2.68 bits per heavy atom. The minimum atomic E-state index is -3.67. The fraction of sp³-hybridized carbons (Fsp3) is 0.562. The zero-order chi connectivity index (χ0) is 18.3. The number of benzene rings is 1. The van der Waals surface area contributed by atoms with Gasteiger partial charge >= 0.3 is 0 Å². The van der Waals surface area contributed by atoms with Gasteiger partial charge in [-0.05, 0) is 43.8 Å². The molecule has 0 bridgehead atoms. The molecule has 0 aromatic heterocycles. The van der Waals surface area contributed by atoms with Gasteiger partial charge in [-0.15, -0.1) is 0 Å². The van der Waals surface area contributed by atoms with E-state index in [2.05, 4.69) is 10.6 Å². The number of hydrogen-bond donors (Lipinski definition) is 2. The molecule has 140 valence electrons. The Morgan fingerprint density at radius 1 is 1.32 bits per heavy atom. The number of thiocarbonyl (C=S) groups is 1. The number of rotatable bonds is 7. The first-order valence-electron chi connectivity index (χ1n) is 8.38. The summed E-state index contributed by atoms with van der Waals surface area (Å²) in [5.74, 6) is 0.340. The third kappa shape index (κ3) is 5.27. The molecule has 25 heavy (non-hydrogen) atoms. The van der Waals surface area contributed by atoms with Gasteiger partial charge in [-0.3, -0.25) is 0 Å². The van der Waals surface area contributed by atoms with Gasteiger partial charge in [0.25, 0.3) is 0 Å². The zero-order valence-corrected chi connectivity index (χ0v) is 16.2. The van der Waals surface area contributed by atoms with Crippen LogP contribution >= 0.6 is 12.2 Å². The first kappa shape index (κ1) is 19.9. The van der Waals surface area contributed by atoms with Crippen molar-refractivity contribution >= 4 is 33.0 Å². The van der Waals surface area contributed by atoms with Crippen molar-refractivity contribution in [1.29, 1.82) is 0 Å². The van der Waals surface area contributed by atoms with E-state index in [-0.39, 0.29) is 4.90 Å². The summed E-state index contributed by atoms with van der Waals surface area (Å²) in [6, 6.07) is 4.97. The fourth-order valence-corrected chi connectivity index (χ4v) is 4.19. The van der Waals surface area contributed by atoms with Crippen LogP contribution in [0.15, 0.2) is 23.1 Å². The summed E-state index contributed by atoms with van der Waals surface area (Å²) in [6.07, 6.45) is 0.946. The molecule has 0 spiro atoms. The molecule has 0 amide bonds. The maximum atomic E-state index is 13.0. The molecule has 9 heteroatoms. The molecule has 0 radical (unpaired) electrons. The molecule has 1 aromatic rings. The number of sulfonamides is 1. The molecular weight excluding hydrogens is 362 g/mol. The quantitative estimate of drug-likeness (QED) is 0.691. The largest absolute Gasteiger partial charge is 0.492 e. The van der Waals surface area contributed by atoms with Crippen LogP contribution in [-0.2, 0) is 14.8 Å². The van der Waals surface area contributed by atoms with Crippen LogP contribution in [0.2, 0.25) is 0 Å². The van der Waals surface area contributed by atoms with Gasteiger partial charge in [-0.2, -0.15) is 4.31 Å². The van der Waals surface area contributed by atoms with E-state index in [9.17, 15) is 8.42 Å². The van der Waals surface area contributed by atoms with Crippen molar-refractivity contribution < 1.29 is 17.9 Å². The molecule has 1 saturated heterocycles. The molecule has 1 aliphatic heterocycles. The Kier molecular flexibility index (Phi) is 7.42. The van der Waals surface area contributed by atoms with Crippen LogP contribution < -0.4 is 15.4 Å². The normalized spacial score (nSPS) is 15.6. The SMILES string of the molecule is CCCNC(=S)Nc1ccc(OCC)c(S(=O)(=O)N2CCOCC2)c1. The van der Waals surface area contributed by atoms with Crippen molar-refractivity contribution in [3.05, 3.63) is 18.2 Å². The predicted molar refractivity (Wildman–Crippen MR) is 102 cm³/mol. The van der Waals surface area contributed by atoms with E-state index in [1.807, 2.05) is 13.8 Å². The van der Waals surface area contributed by atoms with E-state index < -0.39 is 10.0 Å². The highest BCUT2D eigenvalue weighted by atomic mass is 32.2. The van der Waals surface area contributed by atoms with Crippen molar-refractivity contribution in [3.63, 3.8) is 0 Å². The number of nitrogens with zero attached hydrogens (tertiary/aromatic N) is 1. The predicted octanol–water partition coefficient (Wildman–Crippen LogP) is 1.80. The summed E-state index contributed by atoms with van der Waals surface area (Å²) in [7, 11) is -3.67. The van der Waals surface area contributed by atoms with E-state index in [4.69, 9.17) is 21.7 Å². The summed E-state index contributed by atoms with van der Waals surface area (Å²) >= 11 is 5.22. The number of nitrogens with one attached hydrogen (secondary N) is 2. The average Bonchev–Trinajstić information content (AvgIpc) is 2.62. The second kappa shape index (κ2) is 9.33. The number of morpholine rings is 1. The van der Waals surface area contributed by atoms with Crippen LogP contribution in [0.4, 0.5) is 5.69 Å². The first-order chi connectivity index (χ1) is 12.0. The lowest BCUT2D eigenvalue weighted by Gasteiger charge is -2.27. The van der Waals surface area contributed by atoms with Crippen molar-refractivity contribution in [2.45, 2.75) is 25.2 Å². The van der Waals surface area contributed by atoms with Crippen molar-refractivity contribution in [2.75, 3.05) is 44.8 Å². The second-order valence-corrected chi connectivity index (χ2v) is 7.81. The molecule has 0 unspecified atom stereocenters. The van der Waals surface area contributed by atoms with Crippen LogP contribution in [0.25, 0.3) is 0 Å². The van der Waals surface area contributed by atoms with Crippen molar-refractivity contribution in [1.82, 2.24) is 9.62 Å². The summed E-state index contributed by atoms with van der Waals surface area (Å²) in [5.41, 5.74) is 0.601. The van der Waals surface area contributed by atoms with Gasteiger partial charge < -0.3 is 20.1 Å². The van der Waals surface area contributed by atoms with Gasteiger partial charge in [-0.25, -0.2) is 8.42 Å². The highest BCUT2D eigenvalue weighted by Gasteiger charge is 2.29. The van der Waals surface area contributed by atoms with Crippen LogP contribution in [0.3, 0.4) is 0 Å². The number of anilines is 1. The molecule has 1 aliphatic rings. The molecule has 0 saturated carbocycles. The van der Waals surface area contributed by atoms with Crippen LogP contribution in [0, 0.1) is 0 Å². The fourth-order valence-electron chi connectivity index (χ4n) is 2.40. The summed E-state index contributed by atoms with van der Waals surface area (Å²) in [5, 5.41) is 6.53. The van der Waals surface area contributed by atoms with Crippen molar-refractivity contribution in [2.24, 2.45) is 0 Å². The Bertz CT molecular complexity index is 689. The van der Waals surface area contributed by atoms with Gasteiger partial charge in [-0.1, -0.05) is 6.92 Å². The highest BCUT2D eigenvalue weighted by Crippen LogP contribution is 2.30. The van der Waals surface area contributed by atoms with Crippen molar-refractivity contribution in [3.8, 4) is 5.75 Å². The summed E-state index contributed by atoms with van der Waals surface area (Å²) < 4.78 is 38.2. The zero-order valence-electron chi connectivity index (χ0n) is 14.6. The van der Waals surface area contributed by atoms with E-state index >= 15 is 0 Å². The molecule has 2 N–H and O–H groups in total. The molecule has 1 fully saturated rings. The smallest absolute Gasteiger partial charge is 0.246 e. The van der Waals surface area contributed by atoms with E-state index in [1.165, 1.54) is 4.31 Å². The summed E-state index contributed by atoms with van der Waals surface area (Å²) in [4.78, 5) is 0.138. The van der Waals surface area contributed by atoms with E-state index in [0.717, 1.165) is 13.0 Å². The number of ether oxygens (including phenoxy) is 2. The molecule has 1 heterocycles. The van der Waals surface area contributed by atoms with Gasteiger partial charge in [0.1, 0.15) is 10.6 Å². The lowest BCUT2D eigenvalue weighted by Crippen LogP contribution is -2.40. The molecule has 1 aromatic carbocycles. The minimum Gasteiger partial charge on any atom is -0.492 e. The monoisotopic (exact) mass is 387 g/mol. The summed E-state index contributed by atoms with van der Waals surface area (Å²) in [6.45, 7) is 6.46. The Labute approximate surface area is 154 Å². The lowest BCUT2D eigenvalue weighted by atomic mass is 10.3. The van der Waals surface area contributed by atoms with Gasteiger partial charge in [0.15, 0.2) is 5.11 Å². The Balaban J connectivity index is 2.29. The molecule has 7 nitrogen and oxygen atoms in total. The topological polar surface area (TPSA) is 79.9 Å².